The van der Waals surface area contributed by atoms with E-state index in [0.29, 0.717) is 0 Å². The van der Waals surface area contributed by atoms with E-state index in [4.69, 9.17) is 11.6 Å². The molecule has 0 spiro atoms. The second-order valence-electron chi connectivity index (χ2n) is 4.39. The molecule has 0 bridgehead atoms. The smallest absolute Gasteiger partial charge is 0.325 e. The number of nitro groups is 1. The molecule has 0 saturated carbocycles. The van der Waals surface area contributed by atoms with Crippen LogP contribution in [0.25, 0.3) is 0 Å². The van der Waals surface area contributed by atoms with Gasteiger partial charge < -0.3 is 15.4 Å². The van der Waals surface area contributed by atoms with E-state index >= 15 is 0 Å². The molecule has 1 aromatic carbocycles. The lowest BCUT2D eigenvalue weighted by atomic mass is 10.2. The van der Waals surface area contributed by atoms with Gasteiger partial charge in [0.15, 0.2) is 6.61 Å². The van der Waals surface area contributed by atoms with Crippen LogP contribution in [0.3, 0.4) is 0 Å². The van der Waals surface area contributed by atoms with Gasteiger partial charge in [-0.25, -0.2) is 4.79 Å². The van der Waals surface area contributed by atoms with Gasteiger partial charge in [0.1, 0.15) is 11.6 Å². The van der Waals surface area contributed by atoms with E-state index in [-0.39, 0.29) is 10.6 Å². The van der Waals surface area contributed by atoms with Crippen molar-refractivity contribution in [1.29, 1.82) is 0 Å². The number of carbonyl (C=O) groups excluding carboxylic acids is 4. The van der Waals surface area contributed by atoms with Crippen molar-refractivity contribution in [3.8, 4) is 0 Å². The molecule has 0 heterocycles. The highest BCUT2D eigenvalue weighted by molar-refractivity contribution is 6.32. The average molecular weight is 373 g/mol. The molecule has 12 heteroatoms. The first kappa shape index (κ1) is 19.8. The van der Waals surface area contributed by atoms with E-state index in [1.807, 2.05) is 5.32 Å². The van der Waals surface area contributed by atoms with E-state index in [1.54, 1.807) is 0 Å². The van der Waals surface area contributed by atoms with Gasteiger partial charge in [-0.15, -0.1) is 0 Å². The van der Waals surface area contributed by atoms with Crippen molar-refractivity contribution in [3.05, 3.63) is 38.9 Å². The number of imide groups is 1. The van der Waals surface area contributed by atoms with Crippen molar-refractivity contribution in [2.45, 2.75) is 0 Å². The molecule has 1 aromatic rings. The Labute approximate surface area is 145 Å². The van der Waals surface area contributed by atoms with Crippen LogP contribution in [0.4, 0.5) is 10.5 Å². The lowest BCUT2D eigenvalue weighted by Crippen LogP contribution is -2.40. The number of ether oxygens (including phenoxy) is 1. The van der Waals surface area contributed by atoms with Crippen LogP contribution in [0.1, 0.15) is 10.4 Å². The summed E-state index contributed by atoms with van der Waals surface area (Å²) < 4.78 is 4.54. The number of esters is 1. The molecule has 4 amide bonds. The first-order valence-corrected chi connectivity index (χ1v) is 7.01. The van der Waals surface area contributed by atoms with Gasteiger partial charge in [0.05, 0.1) is 4.92 Å². The predicted molar refractivity (Wildman–Crippen MR) is 84.0 cm³/mol. The monoisotopic (exact) mass is 372 g/mol. The molecule has 1 rings (SSSR count). The molecule has 134 valence electrons. The quantitative estimate of drug-likeness (QED) is 0.359. The Kier molecular flexibility index (Phi) is 7.28. The average Bonchev–Trinajstić information content (AvgIpc) is 2.57. The zero-order chi connectivity index (χ0) is 19.0. The van der Waals surface area contributed by atoms with Gasteiger partial charge in [-0.2, -0.15) is 0 Å². The number of hydrogen-bond donors (Lipinski definition) is 3. The molecule has 0 aliphatic carbocycles. The molecule has 0 unspecified atom stereocenters. The number of nitrogens with one attached hydrogen (secondary N) is 3. The lowest BCUT2D eigenvalue weighted by Gasteiger charge is -2.07. The van der Waals surface area contributed by atoms with Crippen LogP contribution in [0.2, 0.25) is 5.02 Å². The standard InChI is InChI=1S/C13H13ClN4O7/c1-15-13(22)17-10(19)6-25-11(20)5-16-12(21)7-2-3-8(14)9(4-7)18(23)24/h2-4H,5-6H2,1H3,(H,16,21)(H2,15,17,19,22). The number of benzene rings is 1. The van der Waals surface area contributed by atoms with Crippen LogP contribution in [-0.2, 0) is 14.3 Å². The summed E-state index contributed by atoms with van der Waals surface area (Å²) in [6, 6.07) is 2.61. The number of amides is 4. The lowest BCUT2D eigenvalue weighted by molar-refractivity contribution is -0.384. The van der Waals surface area contributed by atoms with Crippen LogP contribution >= 0.6 is 11.6 Å². The largest absolute Gasteiger partial charge is 0.454 e. The third-order valence-corrected chi connectivity index (χ3v) is 2.96. The summed E-state index contributed by atoms with van der Waals surface area (Å²) in [6.07, 6.45) is 0. The minimum Gasteiger partial charge on any atom is -0.454 e. The molecule has 11 nitrogen and oxygen atoms in total. The van der Waals surface area contributed by atoms with E-state index in [9.17, 15) is 29.3 Å². The summed E-state index contributed by atoms with van der Waals surface area (Å²) in [5.74, 6) is -2.57. The zero-order valence-corrected chi connectivity index (χ0v) is 13.6. The zero-order valence-electron chi connectivity index (χ0n) is 12.8. The first-order valence-electron chi connectivity index (χ1n) is 6.64. The molecule has 3 N–H and O–H groups in total. The van der Waals surface area contributed by atoms with Crippen molar-refractivity contribution >= 4 is 41.1 Å². The fourth-order valence-corrected chi connectivity index (χ4v) is 1.66. The van der Waals surface area contributed by atoms with Gasteiger partial charge in [-0.1, -0.05) is 11.6 Å². The van der Waals surface area contributed by atoms with Gasteiger partial charge in [0.25, 0.3) is 17.5 Å². The molecule has 0 aliphatic heterocycles. The minimum atomic E-state index is -0.941. The summed E-state index contributed by atoms with van der Waals surface area (Å²) in [5, 5.41) is 16.8. The summed E-state index contributed by atoms with van der Waals surface area (Å²) >= 11 is 5.63. The van der Waals surface area contributed by atoms with Gasteiger partial charge >= 0.3 is 12.0 Å². The number of urea groups is 1. The number of carbonyl (C=O) groups is 4. The number of nitro benzene ring substituents is 1. The molecule has 0 aliphatic rings. The fraction of sp³-hybridized carbons (Fsp3) is 0.231. The third kappa shape index (κ3) is 6.43. The van der Waals surface area contributed by atoms with Crippen molar-refractivity contribution in [3.63, 3.8) is 0 Å². The van der Waals surface area contributed by atoms with Gasteiger partial charge in [0, 0.05) is 18.7 Å². The van der Waals surface area contributed by atoms with Crippen LogP contribution in [0.15, 0.2) is 18.2 Å². The Hall–Kier alpha value is -3.21. The number of rotatable bonds is 6. The molecular formula is C13H13ClN4O7. The first-order chi connectivity index (χ1) is 11.7. The summed E-state index contributed by atoms with van der Waals surface area (Å²) in [5.41, 5.74) is -0.538. The molecule has 0 fully saturated rings. The van der Waals surface area contributed by atoms with Crippen LogP contribution in [0.5, 0.6) is 0 Å². The Bertz CT molecular complexity index is 722. The van der Waals surface area contributed by atoms with Crippen LogP contribution in [0, 0.1) is 10.1 Å². The van der Waals surface area contributed by atoms with Crippen LogP contribution < -0.4 is 16.0 Å². The van der Waals surface area contributed by atoms with Crippen molar-refractivity contribution < 1.29 is 28.8 Å². The minimum absolute atomic E-state index is 0.0822. The van der Waals surface area contributed by atoms with E-state index < -0.39 is 47.6 Å². The highest BCUT2D eigenvalue weighted by Gasteiger charge is 2.17. The van der Waals surface area contributed by atoms with Gasteiger partial charge in [-0.05, 0) is 12.1 Å². The fourth-order valence-electron chi connectivity index (χ4n) is 1.47. The van der Waals surface area contributed by atoms with E-state index in [2.05, 4.69) is 15.4 Å². The summed E-state index contributed by atoms with van der Waals surface area (Å²) in [6.45, 7) is -1.29. The molecule has 25 heavy (non-hydrogen) atoms. The highest BCUT2D eigenvalue weighted by Crippen LogP contribution is 2.24. The second kappa shape index (κ2) is 9.17. The van der Waals surface area contributed by atoms with Crippen LogP contribution in [-0.4, -0.2) is 48.9 Å². The second-order valence-corrected chi connectivity index (χ2v) is 4.80. The molecule has 0 radical (unpaired) electrons. The van der Waals surface area contributed by atoms with Crippen molar-refractivity contribution in [2.75, 3.05) is 20.2 Å². The maximum atomic E-state index is 11.8. The maximum Gasteiger partial charge on any atom is 0.325 e. The molecule has 0 aromatic heterocycles. The third-order valence-electron chi connectivity index (χ3n) is 2.64. The van der Waals surface area contributed by atoms with Gasteiger partial charge in [0.2, 0.25) is 0 Å². The number of hydrogen-bond acceptors (Lipinski definition) is 7. The Morgan fingerprint density at radius 2 is 1.96 bits per heavy atom. The summed E-state index contributed by atoms with van der Waals surface area (Å²) in [7, 11) is 1.30. The predicted octanol–water partition coefficient (Wildman–Crippen LogP) is -0.0232. The summed E-state index contributed by atoms with van der Waals surface area (Å²) in [4.78, 5) is 55.3. The Morgan fingerprint density at radius 3 is 2.56 bits per heavy atom. The topological polar surface area (TPSA) is 157 Å². The van der Waals surface area contributed by atoms with E-state index in [1.165, 1.54) is 19.2 Å². The number of halogens is 1. The Morgan fingerprint density at radius 1 is 1.28 bits per heavy atom. The SMILES string of the molecule is CNC(=O)NC(=O)COC(=O)CNC(=O)c1ccc(Cl)c([N+](=O)[O-])c1. The normalized spacial score (nSPS) is 9.68. The molecule has 0 atom stereocenters. The molecule has 0 saturated heterocycles. The van der Waals surface area contributed by atoms with Crippen molar-refractivity contribution in [2.24, 2.45) is 0 Å². The van der Waals surface area contributed by atoms with E-state index in [0.717, 1.165) is 6.07 Å². The maximum absolute atomic E-state index is 11.8. The molecular weight excluding hydrogens is 360 g/mol. The van der Waals surface area contributed by atoms with Crippen molar-refractivity contribution in [1.82, 2.24) is 16.0 Å². The van der Waals surface area contributed by atoms with Gasteiger partial charge in [-0.3, -0.25) is 29.8 Å². The highest BCUT2D eigenvalue weighted by atomic mass is 35.5. The Balaban J connectivity index is 2.50. The number of nitrogens with zero attached hydrogens (tertiary/aromatic N) is 1.